The minimum Gasteiger partial charge on any atom is -0.493 e. The topological polar surface area (TPSA) is 68.6 Å². The fraction of sp³-hybridized carbons (Fsp3) is 0.353. The first kappa shape index (κ1) is 28.6. The van der Waals surface area contributed by atoms with Gasteiger partial charge in [0.1, 0.15) is 0 Å². The zero-order valence-corrected chi connectivity index (χ0v) is 25.0. The third-order valence-corrected chi connectivity index (χ3v) is 7.95. The van der Waals surface area contributed by atoms with E-state index < -0.39 is 0 Å². The number of para-hydroxylation sites is 1. The van der Waals surface area contributed by atoms with Crippen LogP contribution in [0.25, 0.3) is 33.1 Å². The molecule has 3 aromatic carbocycles. The molecule has 2 aromatic heterocycles. The SMILES string of the molecule is CNCCN1CCN(c2ccc3[nH]c(-c4ccc(OC)c(OC)c4)c(C(C)C)c3c2)CC1.c1ccc2[nH]ccc2c1. The molecule has 216 valence electrons. The van der Waals surface area contributed by atoms with Crippen molar-refractivity contribution >= 4 is 27.5 Å². The monoisotopic (exact) mass is 553 g/mol. The van der Waals surface area contributed by atoms with Gasteiger partial charge in [-0.25, -0.2) is 0 Å². The molecule has 1 fully saturated rings. The summed E-state index contributed by atoms with van der Waals surface area (Å²) in [4.78, 5) is 11.9. The van der Waals surface area contributed by atoms with Crippen LogP contribution in [-0.4, -0.2) is 75.4 Å². The van der Waals surface area contributed by atoms with Crippen molar-refractivity contribution in [3.63, 3.8) is 0 Å². The van der Waals surface area contributed by atoms with Crippen LogP contribution in [0.4, 0.5) is 5.69 Å². The largest absolute Gasteiger partial charge is 0.493 e. The molecule has 1 saturated heterocycles. The van der Waals surface area contributed by atoms with Crippen LogP contribution in [0.15, 0.2) is 72.9 Å². The Balaban J connectivity index is 0.000000315. The number of hydrogen-bond acceptors (Lipinski definition) is 5. The minimum atomic E-state index is 0.389. The number of benzene rings is 3. The van der Waals surface area contributed by atoms with Crippen molar-refractivity contribution in [3.05, 3.63) is 78.5 Å². The highest BCUT2D eigenvalue weighted by Crippen LogP contribution is 2.40. The van der Waals surface area contributed by atoms with Gasteiger partial charge in [-0.1, -0.05) is 32.0 Å². The predicted octanol–water partition coefficient (Wildman–Crippen LogP) is 6.48. The number of methoxy groups -OCH3 is 2. The lowest BCUT2D eigenvalue weighted by molar-refractivity contribution is 0.260. The van der Waals surface area contributed by atoms with E-state index in [-0.39, 0.29) is 0 Å². The number of ether oxygens (including phenoxy) is 2. The summed E-state index contributed by atoms with van der Waals surface area (Å²) in [6, 6.07) is 23.3. The molecule has 0 saturated carbocycles. The molecule has 0 unspecified atom stereocenters. The van der Waals surface area contributed by atoms with Crippen molar-refractivity contribution in [1.82, 2.24) is 20.2 Å². The fourth-order valence-electron chi connectivity index (χ4n) is 5.71. The second-order valence-electron chi connectivity index (χ2n) is 10.9. The van der Waals surface area contributed by atoms with Gasteiger partial charge in [0.05, 0.1) is 19.9 Å². The van der Waals surface area contributed by atoms with E-state index in [2.05, 4.69) is 87.5 Å². The number of aromatic nitrogens is 2. The maximum atomic E-state index is 5.55. The highest BCUT2D eigenvalue weighted by Gasteiger charge is 2.21. The van der Waals surface area contributed by atoms with Gasteiger partial charge in [0.15, 0.2) is 11.5 Å². The fourth-order valence-corrected chi connectivity index (χ4v) is 5.71. The lowest BCUT2D eigenvalue weighted by Crippen LogP contribution is -2.48. The molecule has 0 spiro atoms. The second kappa shape index (κ2) is 13.1. The van der Waals surface area contributed by atoms with Crippen molar-refractivity contribution < 1.29 is 9.47 Å². The van der Waals surface area contributed by atoms with Crippen molar-refractivity contribution in [2.75, 3.05) is 65.4 Å². The van der Waals surface area contributed by atoms with E-state index in [1.54, 1.807) is 14.2 Å². The van der Waals surface area contributed by atoms with E-state index in [4.69, 9.17) is 9.47 Å². The zero-order chi connectivity index (χ0) is 28.8. The number of anilines is 1. The molecule has 41 heavy (non-hydrogen) atoms. The summed E-state index contributed by atoms with van der Waals surface area (Å²) in [7, 11) is 5.37. The Morgan fingerprint density at radius 1 is 0.854 bits per heavy atom. The molecule has 5 aromatic rings. The Kier molecular flexibility index (Phi) is 9.17. The lowest BCUT2D eigenvalue weighted by atomic mass is 9.95. The quantitative estimate of drug-likeness (QED) is 0.205. The molecule has 6 rings (SSSR count). The first-order valence-electron chi connectivity index (χ1n) is 14.5. The predicted molar refractivity (Wildman–Crippen MR) is 172 cm³/mol. The summed E-state index contributed by atoms with van der Waals surface area (Å²) in [5.74, 6) is 1.88. The number of H-pyrrole nitrogens is 2. The number of nitrogens with one attached hydrogen (secondary N) is 3. The molecule has 0 atom stereocenters. The van der Waals surface area contributed by atoms with Crippen LogP contribution in [0, 0.1) is 0 Å². The van der Waals surface area contributed by atoms with Crippen LogP contribution < -0.4 is 19.7 Å². The van der Waals surface area contributed by atoms with Gasteiger partial charge in [0.25, 0.3) is 0 Å². The van der Waals surface area contributed by atoms with Crippen LogP contribution in [-0.2, 0) is 0 Å². The maximum Gasteiger partial charge on any atom is 0.161 e. The van der Waals surface area contributed by atoms with E-state index >= 15 is 0 Å². The van der Waals surface area contributed by atoms with Crippen molar-refractivity contribution in [1.29, 1.82) is 0 Å². The van der Waals surface area contributed by atoms with Gasteiger partial charge in [0, 0.05) is 73.1 Å². The van der Waals surface area contributed by atoms with Crippen molar-refractivity contribution in [2.24, 2.45) is 0 Å². The Hall–Kier alpha value is -3.94. The summed E-state index contributed by atoms with van der Waals surface area (Å²) in [6.45, 7) is 11.1. The molecule has 0 amide bonds. The molecule has 1 aliphatic heterocycles. The highest BCUT2D eigenvalue weighted by molar-refractivity contribution is 5.94. The molecule has 0 bridgehead atoms. The number of rotatable bonds is 8. The Morgan fingerprint density at radius 3 is 2.34 bits per heavy atom. The van der Waals surface area contributed by atoms with Crippen LogP contribution >= 0.6 is 0 Å². The van der Waals surface area contributed by atoms with Crippen LogP contribution in [0.2, 0.25) is 0 Å². The standard InChI is InChI=1S/C26H36N4O2.C8H7N/c1-18(2)25-21-17-20(30-14-12-29(13-15-30)11-10-27-3)7-8-22(21)28-26(25)19-6-9-23(31-4)24(16-19)32-5;1-2-4-8-7(3-1)5-6-9-8/h6-9,16-18,27-28H,10-15H2,1-5H3;1-6,9H. The molecule has 7 heteroatoms. The van der Waals surface area contributed by atoms with Crippen LogP contribution in [0.5, 0.6) is 11.5 Å². The van der Waals surface area contributed by atoms with E-state index in [9.17, 15) is 0 Å². The number of piperazine rings is 1. The first-order chi connectivity index (χ1) is 20.0. The van der Waals surface area contributed by atoms with Crippen molar-refractivity contribution in [3.8, 4) is 22.8 Å². The summed E-state index contributed by atoms with van der Waals surface area (Å²) >= 11 is 0. The van der Waals surface area contributed by atoms with Gasteiger partial charge in [-0.2, -0.15) is 0 Å². The number of fused-ring (bicyclic) bond motifs is 2. The normalized spacial score (nSPS) is 14.0. The maximum absolute atomic E-state index is 5.55. The number of nitrogens with zero attached hydrogens (tertiary/aromatic N) is 2. The molecular formula is C34H43N5O2. The van der Waals surface area contributed by atoms with Gasteiger partial charge >= 0.3 is 0 Å². The highest BCUT2D eigenvalue weighted by atomic mass is 16.5. The Labute approximate surface area is 243 Å². The van der Waals surface area contributed by atoms with Gasteiger partial charge in [-0.3, -0.25) is 4.90 Å². The summed E-state index contributed by atoms with van der Waals surface area (Å²) < 4.78 is 11.0. The van der Waals surface area contributed by atoms with Crippen LogP contribution in [0.1, 0.15) is 25.3 Å². The zero-order valence-electron chi connectivity index (χ0n) is 25.0. The smallest absolute Gasteiger partial charge is 0.161 e. The molecular weight excluding hydrogens is 510 g/mol. The van der Waals surface area contributed by atoms with Crippen LogP contribution in [0.3, 0.4) is 0 Å². The van der Waals surface area contributed by atoms with E-state index in [0.717, 1.165) is 62.0 Å². The molecule has 1 aliphatic rings. The number of likely N-dealkylation sites (N-methyl/N-ethyl adjacent to an activating group) is 1. The molecule has 7 nitrogen and oxygen atoms in total. The molecule has 0 aliphatic carbocycles. The van der Waals surface area contributed by atoms with Gasteiger partial charge in [0.2, 0.25) is 0 Å². The van der Waals surface area contributed by atoms with Crippen molar-refractivity contribution in [2.45, 2.75) is 19.8 Å². The van der Waals surface area contributed by atoms with Gasteiger partial charge < -0.3 is 29.7 Å². The molecule has 0 radical (unpaired) electrons. The number of aromatic amines is 2. The Bertz CT molecular complexity index is 1530. The average Bonchev–Trinajstić information content (AvgIpc) is 3.65. The summed E-state index contributed by atoms with van der Waals surface area (Å²) in [5.41, 5.74) is 7.31. The minimum absolute atomic E-state index is 0.389. The third kappa shape index (κ3) is 6.37. The molecule has 3 N–H and O–H groups in total. The van der Waals surface area contributed by atoms with Gasteiger partial charge in [-0.05, 0) is 72.4 Å². The van der Waals surface area contributed by atoms with Gasteiger partial charge in [-0.15, -0.1) is 0 Å². The summed E-state index contributed by atoms with van der Waals surface area (Å²) in [6.07, 6.45) is 1.95. The third-order valence-electron chi connectivity index (χ3n) is 7.95. The Morgan fingerprint density at radius 2 is 1.63 bits per heavy atom. The lowest BCUT2D eigenvalue weighted by Gasteiger charge is -2.36. The van der Waals surface area contributed by atoms with E-state index in [0.29, 0.717) is 5.92 Å². The first-order valence-corrected chi connectivity index (χ1v) is 14.5. The summed E-state index contributed by atoms with van der Waals surface area (Å²) in [5, 5.41) is 5.83. The second-order valence-corrected chi connectivity index (χ2v) is 10.9. The number of hydrogen-bond donors (Lipinski definition) is 3. The van der Waals surface area contributed by atoms with E-state index in [1.807, 2.05) is 31.4 Å². The molecule has 3 heterocycles. The average molecular weight is 554 g/mol. The van der Waals surface area contributed by atoms with E-state index in [1.165, 1.54) is 33.1 Å².